The normalized spacial score (nSPS) is 21.8. The lowest BCUT2D eigenvalue weighted by Gasteiger charge is -2.09. The third-order valence-electron chi connectivity index (χ3n) is 4.80. The first-order valence-electron chi connectivity index (χ1n) is 6.84. The van der Waals surface area contributed by atoms with Gasteiger partial charge in [-0.25, -0.2) is 0 Å². The van der Waals surface area contributed by atoms with Gasteiger partial charge in [-0.3, -0.25) is 0 Å². The van der Waals surface area contributed by atoms with Gasteiger partial charge in [0.25, 0.3) is 0 Å². The van der Waals surface area contributed by atoms with Crippen molar-refractivity contribution in [2.24, 2.45) is 0 Å². The molecule has 86 valence electrons. The summed E-state index contributed by atoms with van der Waals surface area (Å²) in [5.41, 5.74) is 12.5. The van der Waals surface area contributed by atoms with Crippen LogP contribution in [0, 0.1) is 0 Å². The van der Waals surface area contributed by atoms with E-state index in [1.807, 2.05) is 0 Å². The van der Waals surface area contributed by atoms with Gasteiger partial charge in [0, 0.05) is 0 Å². The van der Waals surface area contributed by atoms with E-state index in [1.54, 1.807) is 33.4 Å². The summed E-state index contributed by atoms with van der Waals surface area (Å²) < 4.78 is 0. The predicted octanol–water partition coefficient (Wildman–Crippen LogP) is 4.23. The van der Waals surface area contributed by atoms with E-state index in [0.717, 1.165) is 25.7 Å². The summed E-state index contributed by atoms with van der Waals surface area (Å²) in [5, 5.41) is 0. The largest absolute Gasteiger partial charge is 0.0798 e. The fourth-order valence-electron chi connectivity index (χ4n) is 3.96. The van der Waals surface area contributed by atoms with Gasteiger partial charge in [-0.05, 0) is 76.3 Å². The van der Waals surface area contributed by atoms with Crippen LogP contribution in [0.2, 0.25) is 0 Å². The van der Waals surface area contributed by atoms with Crippen LogP contribution in [0.4, 0.5) is 0 Å². The first-order valence-corrected chi connectivity index (χ1v) is 6.84. The molecule has 4 aliphatic carbocycles. The van der Waals surface area contributed by atoms with Gasteiger partial charge in [0.1, 0.15) is 0 Å². The third-order valence-corrected chi connectivity index (χ3v) is 4.80. The molecular weight excluding hydrogens is 216 g/mol. The monoisotopic (exact) mass is 230 g/mol. The Kier molecular flexibility index (Phi) is 1.50. The highest BCUT2D eigenvalue weighted by atomic mass is 14.3. The Labute approximate surface area is 107 Å². The van der Waals surface area contributed by atoms with E-state index in [9.17, 15) is 0 Å². The van der Waals surface area contributed by atoms with E-state index >= 15 is 0 Å². The number of fused-ring (bicyclic) bond motifs is 4. The molecule has 18 heavy (non-hydrogen) atoms. The fraction of sp³-hybridized carbons (Fsp3) is 0.222. The molecule has 0 spiro atoms. The zero-order chi connectivity index (χ0) is 11.7. The van der Waals surface area contributed by atoms with Crippen molar-refractivity contribution in [1.29, 1.82) is 0 Å². The minimum Gasteiger partial charge on any atom is -0.0798 e. The SMILES string of the molecule is C1=CC2=C(C1)c1cc3c(cc1C2)CC1=C3CC=C1. The van der Waals surface area contributed by atoms with Crippen molar-refractivity contribution in [3.8, 4) is 0 Å². The highest BCUT2D eigenvalue weighted by Gasteiger charge is 2.28. The lowest BCUT2D eigenvalue weighted by Crippen LogP contribution is -1.93. The topological polar surface area (TPSA) is 0 Å². The van der Waals surface area contributed by atoms with Crippen LogP contribution in [-0.4, -0.2) is 0 Å². The van der Waals surface area contributed by atoms with Crippen molar-refractivity contribution in [2.45, 2.75) is 25.7 Å². The van der Waals surface area contributed by atoms with Crippen molar-refractivity contribution in [3.05, 3.63) is 69.8 Å². The molecule has 0 nitrogen and oxygen atoms in total. The van der Waals surface area contributed by atoms with Gasteiger partial charge in [0.05, 0.1) is 0 Å². The molecule has 0 saturated heterocycles. The van der Waals surface area contributed by atoms with E-state index in [0.29, 0.717) is 0 Å². The molecular formula is C18H14. The number of hydrogen-bond donors (Lipinski definition) is 0. The van der Waals surface area contributed by atoms with Gasteiger partial charge in [0.2, 0.25) is 0 Å². The Bertz CT molecular complexity index is 661. The van der Waals surface area contributed by atoms with Crippen molar-refractivity contribution >= 4 is 11.1 Å². The van der Waals surface area contributed by atoms with Crippen molar-refractivity contribution in [1.82, 2.24) is 0 Å². The molecule has 0 saturated carbocycles. The Morgan fingerprint density at radius 2 is 1.22 bits per heavy atom. The molecule has 0 fully saturated rings. The summed E-state index contributed by atoms with van der Waals surface area (Å²) in [6, 6.07) is 4.96. The number of allylic oxidation sites excluding steroid dienone is 8. The summed E-state index contributed by atoms with van der Waals surface area (Å²) in [4.78, 5) is 0. The molecule has 0 N–H and O–H groups in total. The van der Waals surface area contributed by atoms with Crippen molar-refractivity contribution in [2.75, 3.05) is 0 Å². The van der Waals surface area contributed by atoms with E-state index < -0.39 is 0 Å². The van der Waals surface area contributed by atoms with Crippen molar-refractivity contribution < 1.29 is 0 Å². The summed E-state index contributed by atoms with van der Waals surface area (Å²) in [7, 11) is 0. The zero-order valence-electron chi connectivity index (χ0n) is 10.3. The second-order valence-corrected chi connectivity index (χ2v) is 5.74. The molecule has 0 atom stereocenters. The zero-order valence-corrected chi connectivity index (χ0v) is 10.3. The van der Waals surface area contributed by atoms with Gasteiger partial charge in [-0.1, -0.05) is 30.4 Å². The molecule has 0 heterocycles. The molecule has 0 unspecified atom stereocenters. The van der Waals surface area contributed by atoms with Gasteiger partial charge < -0.3 is 0 Å². The fourth-order valence-corrected chi connectivity index (χ4v) is 3.96. The Morgan fingerprint density at radius 3 is 1.78 bits per heavy atom. The summed E-state index contributed by atoms with van der Waals surface area (Å²) in [6.07, 6.45) is 13.9. The van der Waals surface area contributed by atoms with Gasteiger partial charge in [-0.15, -0.1) is 0 Å². The Hall–Kier alpha value is -1.82. The van der Waals surface area contributed by atoms with E-state index in [2.05, 4.69) is 36.4 Å². The maximum Gasteiger partial charge on any atom is -0.00167 e. The number of hydrogen-bond acceptors (Lipinski definition) is 0. The Balaban J connectivity index is 1.72. The molecule has 1 aromatic rings. The van der Waals surface area contributed by atoms with Crippen LogP contribution < -0.4 is 0 Å². The van der Waals surface area contributed by atoms with Crippen LogP contribution in [0.1, 0.15) is 35.1 Å². The maximum atomic E-state index is 2.48. The molecule has 0 aliphatic heterocycles. The molecule has 0 bridgehead atoms. The quantitative estimate of drug-likeness (QED) is 0.625. The molecule has 0 heteroatoms. The first kappa shape index (κ1) is 9.16. The number of rotatable bonds is 0. The summed E-state index contributed by atoms with van der Waals surface area (Å²) in [6.45, 7) is 0. The van der Waals surface area contributed by atoms with Gasteiger partial charge in [-0.2, -0.15) is 0 Å². The average molecular weight is 230 g/mol. The first-order chi connectivity index (χ1) is 8.90. The highest BCUT2D eigenvalue weighted by Crippen LogP contribution is 2.46. The molecule has 4 aliphatic rings. The summed E-state index contributed by atoms with van der Waals surface area (Å²) >= 11 is 0. The minimum absolute atomic E-state index is 1.14. The van der Waals surface area contributed by atoms with Crippen LogP contribution in [0.5, 0.6) is 0 Å². The van der Waals surface area contributed by atoms with E-state index in [1.165, 1.54) is 11.1 Å². The van der Waals surface area contributed by atoms with Gasteiger partial charge in [0.15, 0.2) is 0 Å². The van der Waals surface area contributed by atoms with Crippen LogP contribution >= 0.6 is 0 Å². The van der Waals surface area contributed by atoms with Gasteiger partial charge >= 0.3 is 0 Å². The number of benzene rings is 1. The molecule has 0 radical (unpaired) electrons. The van der Waals surface area contributed by atoms with Crippen LogP contribution in [-0.2, 0) is 12.8 Å². The molecule has 1 aromatic carbocycles. The second kappa shape index (κ2) is 2.95. The third kappa shape index (κ3) is 0.978. The standard InChI is InChI=1S/C18H14/c1-3-11-7-13-9-14-8-12-4-2-6-16(12)18(14)10-17(13)15(11)5-1/h1-4,9-10H,5-8H2. The molecule has 0 aromatic heterocycles. The van der Waals surface area contributed by atoms with Crippen LogP contribution in [0.25, 0.3) is 11.1 Å². The highest BCUT2D eigenvalue weighted by molar-refractivity contribution is 5.88. The average Bonchev–Trinajstić information content (AvgIpc) is 3.04. The maximum absolute atomic E-state index is 2.48. The Morgan fingerprint density at radius 1 is 0.667 bits per heavy atom. The smallest absolute Gasteiger partial charge is 0.00167 e. The van der Waals surface area contributed by atoms with Crippen LogP contribution in [0.15, 0.2) is 47.6 Å². The van der Waals surface area contributed by atoms with E-state index in [4.69, 9.17) is 0 Å². The second-order valence-electron chi connectivity index (χ2n) is 5.74. The van der Waals surface area contributed by atoms with E-state index in [-0.39, 0.29) is 0 Å². The predicted molar refractivity (Wildman–Crippen MR) is 75.2 cm³/mol. The van der Waals surface area contributed by atoms with Crippen molar-refractivity contribution in [3.63, 3.8) is 0 Å². The molecule has 0 amide bonds. The lowest BCUT2D eigenvalue weighted by molar-refractivity contribution is 1.18. The summed E-state index contributed by atoms with van der Waals surface area (Å²) in [5.74, 6) is 0. The van der Waals surface area contributed by atoms with Crippen LogP contribution in [0.3, 0.4) is 0 Å². The molecule has 5 rings (SSSR count). The minimum atomic E-state index is 1.14. The lowest BCUT2D eigenvalue weighted by atomic mass is 9.95.